The van der Waals surface area contributed by atoms with Crippen molar-refractivity contribution in [2.24, 2.45) is 0 Å². The van der Waals surface area contributed by atoms with Crippen LogP contribution in [-0.4, -0.2) is 15.5 Å². The number of nitrogens with one attached hydrogen (secondary N) is 1. The molecule has 5 nitrogen and oxygen atoms in total. The summed E-state index contributed by atoms with van der Waals surface area (Å²) >= 11 is 12.4. The Morgan fingerprint density at radius 2 is 1.94 bits per heavy atom. The highest BCUT2D eigenvalue weighted by molar-refractivity contribution is 6.35. The second-order valence-electron chi connectivity index (χ2n) is 7.62. The Hall–Kier alpha value is -2.76. The molecular weight excluding hydrogens is 433 g/mol. The number of amides is 1. The largest absolute Gasteiger partial charge is 0.467 e. The molecule has 1 N–H and O–H groups in total. The van der Waals surface area contributed by atoms with Crippen LogP contribution < -0.4 is 5.32 Å². The summed E-state index contributed by atoms with van der Waals surface area (Å²) in [7, 11) is 0. The first kappa shape index (κ1) is 21.5. The highest BCUT2D eigenvalue weighted by Gasteiger charge is 2.15. The third-order valence-corrected chi connectivity index (χ3v) is 6.00. The maximum atomic E-state index is 12.4. The van der Waals surface area contributed by atoms with E-state index in [1.165, 1.54) is 11.1 Å². The van der Waals surface area contributed by atoms with Gasteiger partial charge in [-0.2, -0.15) is 0 Å². The van der Waals surface area contributed by atoms with Gasteiger partial charge in [0.25, 0.3) is 0 Å². The van der Waals surface area contributed by atoms with E-state index in [2.05, 4.69) is 35.9 Å². The van der Waals surface area contributed by atoms with Crippen molar-refractivity contribution in [2.45, 2.75) is 39.8 Å². The molecule has 2 heterocycles. The molecule has 31 heavy (non-hydrogen) atoms. The predicted octanol–water partition coefficient (Wildman–Crippen LogP) is 5.85. The van der Waals surface area contributed by atoms with Crippen molar-refractivity contribution in [2.75, 3.05) is 0 Å². The molecule has 0 bridgehead atoms. The maximum Gasteiger partial charge on any atom is 0.222 e. The van der Waals surface area contributed by atoms with Gasteiger partial charge in [0.15, 0.2) is 0 Å². The standard InChI is InChI=1S/C24H23Cl2N3O2/c1-15-10-21-22(11-16(15)2)29(8-7-24(30)27-14-19-4-3-9-31-19)23(28-21)12-17-5-6-18(25)13-20(17)26/h3-6,9-11,13H,7-8,12,14H2,1-2H3,(H,27,30). The van der Waals surface area contributed by atoms with Crippen molar-refractivity contribution in [3.05, 3.63) is 87.0 Å². The van der Waals surface area contributed by atoms with Crippen LogP contribution in [0.2, 0.25) is 10.0 Å². The van der Waals surface area contributed by atoms with Crippen LogP contribution in [0.5, 0.6) is 0 Å². The minimum Gasteiger partial charge on any atom is -0.467 e. The maximum absolute atomic E-state index is 12.4. The second kappa shape index (κ2) is 9.16. The first-order valence-electron chi connectivity index (χ1n) is 10.1. The minimum absolute atomic E-state index is 0.0439. The number of carbonyl (C=O) groups is 1. The van der Waals surface area contributed by atoms with E-state index < -0.39 is 0 Å². The van der Waals surface area contributed by atoms with Gasteiger partial charge in [0.2, 0.25) is 5.91 Å². The van der Waals surface area contributed by atoms with E-state index in [1.54, 1.807) is 18.4 Å². The number of benzene rings is 2. The van der Waals surface area contributed by atoms with E-state index in [0.717, 1.165) is 28.2 Å². The smallest absolute Gasteiger partial charge is 0.222 e. The van der Waals surface area contributed by atoms with Crippen LogP contribution >= 0.6 is 23.2 Å². The van der Waals surface area contributed by atoms with E-state index in [0.29, 0.717) is 36.0 Å². The molecule has 0 aliphatic heterocycles. The number of hydrogen-bond donors (Lipinski definition) is 1. The molecule has 4 rings (SSSR count). The summed E-state index contributed by atoms with van der Waals surface area (Å²) in [6.07, 6.45) is 2.48. The average Bonchev–Trinajstić information content (AvgIpc) is 3.35. The average molecular weight is 456 g/mol. The molecule has 0 unspecified atom stereocenters. The Bertz CT molecular complexity index is 1230. The molecule has 0 spiro atoms. The molecule has 7 heteroatoms. The molecule has 4 aromatic rings. The van der Waals surface area contributed by atoms with Crippen LogP contribution in [0.4, 0.5) is 0 Å². The lowest BCUT2D eigenvalue weighted by Gasteiger charge is -2.11. The van der Waals surface area contributed by atoms with Crippen LogP contribution in [0.15, 0.2) is 53.1 Å². The van der Waals surface area contributed by atoms with Gasteiger partial charge in [-0.3, -0.25) is 4.79 Å². The van der Waals surface area contributed by atoms with E-state index in [4.69, 9.17) is 32.6 Å². The highest BCUT2D eigenvalue weighted by atomic mass is 35.5. The Labute approximate surface area is 191 Å². The van der Waals surface area contributed by atoms with Crippen LogP contribution in [0.1, 0.15) is 34.7 Å². The molecule has 160 valence electrons. The van der Waals surface area contributed by atoms with E-state index in [-0.39, 0.29) is 5.91 Å². The van der Waals surface area contributed by atoms with E-state index in [1.807, 2.05) is 18.2 Å². The van der Waals surface area contributed by atoms with Crippen molar-refractivity contribution in [1.29, 1.82) is 0 Å². The first-order valence-corrected chi connectivity index (χ1v) is 10.9. The Morgan fingerprint density at radius 3 is 2.68 bits per heavy atom. The molecule has 0 radical (unpaired) electrons. The fraction of sp³-hybridized carbons (Fsp3) is 0.250. The highest BCUT2D eigenvalue weighted by Crippen LogP contribution is 2.26. The fourth-order valence-corrected chi connectivity index (χ4v) is 4.03. The Morgan fingerprint density at radius 1 is 1.13 bits per heavy atom. The quantitative estimate of drug-likeness (QED) is 0.380. The number of aromatic nitrogens is 2. The summed E-state index contributed by atoms with van der Waals surface area (Å²) in [4.78, 5) is 17.3. The molecule has 0 fully saturated rings. The van der Waals surface area contributed by atoms with Crippen molar-refractivity contribution in [1.82, 2.24) is 14.9 Å². The molecule has 0 aliphatic rings. The van der Waals surface area contributed by atoms with Crippen LogP contribution in [-0.2, 0) is 24.3 Å². The second-order valence-corrected chi connectivity index (χ2v) is 8.47. The molecule has 1 amide bonds. The number of imidazole rings is 1. The van der Waals surface area contributed by atoms with Gasteiger partial charge in [0, 0.05) is 29.4 Å². The summed E-state index contributed by atoms with van der Waals surface area (Å²) in [6.45, 7) is 5.05. The Balaban J connectivity index is 1.59. The summed E-state index contributed by atoms with van der Waals surface area (Å²) in [5.41, 5.74) is 5.25. The topological polar surface area (TPSA) is 60.1 Å². The zero-order chi connectivity index (χ0) is 22.0. The SMILES string of the molecule is Cc1cc2nc(Cc3ccc(Cl)cc3Cl)n(CCC(=O)NCc3ccco3)c2cc1C. The predicted molar refractivity (Wildman–Crippen MR) is 124 cm³/mol. The molecule has 2 aromatic carbocycles. The molecular formula is C24H23Cl2N3O2. The zero-order valence-electron chi connectivity index (χ0n) is 17.4. The lowest BCUT2D eigenvalue weighted by molar-refractivity contribution is -0.121. The molecule has 0 saturated heterocycles. The van der Waals surface area contributed by atoms with Crippen molar-refractivity contribution in [3.8, 4) is 0 Å². The number of halogens is 2. The molecule has 2 aromatic heterocycles. The number of hydrogen-bond acceptors (Lipinski definition) is 3. The van der Waals surface area contributed by atoms with Gasteiger partial charge in [0.1, 0.15) is 11.6 Å². The summed E-state index contributed by atoms with van der Waals surface area (Å²) in [5, 5.41) is 4.10. The number of rotatable bonds is 7. The lowest BCUT2D eigenvalue weighted by atomic mass is 10.1. The van der Waals surface area contributed by atoms with E-state index in [9.17, 15) is 4.79 Å². The number of aryl methyl sites for hydroxylation is 3. The molecule has 0 saturated carbocycles. The molecule has 0 atom stereocenters. The monoisotopic (exact) mass is 455 g/mol. The van der Waals surface area contributed by atoms with Gasteiger partial charge in [-0.1, -0.05) is 29.3 Å². The number of fused-ring (bicyclic) bond motifs is 1. The van der Waals surface area contributed by atoms with E-state index >= 15 is 0 Å². The van der Waals surface area contributed by atoms with Crippen LogP contribution in [0.25, 0.3) is 11.0 Å². The lowest BCUT2D eigenvalue weighted by Crippen LogP contribution is -2.24. The molecule has 0 aliphatic carbocycles. The van der Waals surface area contributed by atoms with Gasteiger partial charge in [0.05, 0.1) is 23.8 Å². The fourth-order valence-electron chi connectivity index (χ4n) is 3.55. The normalized spacial score (nSPS) is 11.2. The van der Waals surface area contributed by atoms with Gasteiger partial charge in [-0.25, -0.2) is 4.98 Å². The first-order chi connectivity index (χ1) is 14.9. The minimum atomic E-state index is -0.0439. The van der Waals surface area contributed by atoms with Crippen molar-refractivity contribution >= 4 is 40.1 Å². The Kier molecular flexibility index (Phi) is 6.35. The zero-order valence-corrected chi connectivity index (χ0v) is 18.9. The number of carbonyl (C=O) groups excluding carboxylic acids is 1. The van der Waals surface area contributed by atoms with Crippen molar-refractivity contribution < 1.29 is 9.21 Å². The van der Waals surface area contributed by atoms with Crippen molar-refractivity contribution in [3.63, 3.8) is 0 Å². The van der Waals surface area contributed by atoms with Crippen LogP contribution in [0.3, 0.4) is 0 Å². The number of nitrogens with zero attached hydrogens (tertiary/aromatic N) is 2. The third-order valence-electron chi connectivity index (χ3n) is 5.41. The van der Waals surface area contributed by atoms with Crippen LogP contribution in [0, 0.1) is 13.8 Å². The van der Waals surface area contributed by atoms with Gasteiger partial charge in [-0.15, -0.1) is 0 Å². The number of furan rings is 1. The van der Waals surface area contributed by atoms with Gasteiger partial charge < -0.3 is 14.3 Å². The third kappa shape index (κ3) is 4.94. The van der Waals surface area contributed by atoms with Gasteiger partial charge >= 0.3 is 0 Å². The summed E-state index contributed by atoms with van der Waals surface area (Å²) in [5.74, 6) is 1.55. The van der Waals surface area contributed by atoms with Gasteiger partial charge in [-0.05, 0) is 66.9 Å². The summed E-state index contributed by atoms with van der Waals surface area (Å²) in [6, 6.07) is 13.3. The summed E-state index contributed by atoms with van der Waals surface area (Å²) < 4.78 is 7.38.